The maximum Gasteiger partial charge on any atom is 0.119 e. The van der Waals surface area contributed by atoms with Crippen molar-refractivity contribution in [3.63, 3.8) is 0 Å². The summed E-state index contributed by atoms with van der Waals surface area (Å²) in [6, 6.07) is 8.25. The minimum absolute atomic E-state index is 0.103. The van der Waals surface area contributed by atoms with Gasteiger partial charge in [-0.2, -0.15) is 0 Å². The number of nitrogens with one attached hydrogen (secondary N) is 2. The van der Waals surface area contributed by atoms with Gasteiger partial charge in [-0.3, -0.25) is 0 Å². The lowest BCUT2D eigenvalue weighted by Crippen LogP contribution is -2.37. The summed E-state index contributed by atoms with van der Waals surface area (Å²) in [5.41, 5.74) is 1.39. The molecule has 0 amide bonds. The molecule has 1 rings (SSSR count). The second-order valence-electron chi connectivity index (χ2n) is 4.57. The van der Waals surface area contributed by atoms with Crippen molar-refractivity contribution in [1.29, 1.82) is 0 Å². The molecular formula is C13H22N2O. The van der Waals surface area contributed by atoms with Crippen LogP contribution in [0.2, 0.25) is 0 Å². The molecule has 16 heavy (non-hydrogen) atoms. The van der Waals surface area contributed by atoms with Crippen LogP contribution in [0.1, 0.15) is 19.4 Å². The smallest absolute Gasteiger partial charge is 0.119 e. The van der Waals surface area contributed by atoms with Crippen LogP contribution in [0.4, 0.5) is 0 Å². The number of hydrogen-bond donors (Lipinski definition) is 2. The summed E-state index contributed by atoms with van der Waals surface area (Å²) in [5, 5.41) is 6.44. The van der Waals surface area contributed by atoms with Crippen LogP contribution in [0.25, 0.3) is 0 Å². The summed E-state index contributed by atoms with van der Waals surface area (Å²) >= 11 is 0. The standard InChI is InChI=1S/C13H22N2O/c1-13(2,9-15-10-14-3)11-6-5-7-12(8-11)16-4/h5-8,14-15H,9-10H2,1-4H3. The van der Waals surface area contributed by atoms with Crippen molar-refractivity contribution in [1.82, 2.24) is 10.6 Å². The van der Waals surface area contributed by atoms with Crippen LogP contribution in [-0.4, -0.2) is 27.4 Å². The molecule has 0 bridgehead atoms. The molecule has 3 heteroatoms. The quantitative estimate of drug-likeness (QED) is 0.568. The summed E-state index contributed by atoms with van der Waals surface area (Å²) in [5.74, 6) is 0.916. The Morgan fingerprint density at radius 3 is 2.69 bits per heavy atom. The average molecular weight is 222 g/mol. The molecule has 0 aromatic heterocycles. The van der Waals surface area contributed by atoms with Crippen molar-refractivity contribution >= 4 is 0 Å². The molecule has 0 saturated carbocycles. The van der Waals surface area contributed by atoms with Gasteiger partial charge in [0.1, 0.15) is 5.75 Å². The van der Waals surface area contributed by atoms with E-state index in [-0.39, 0.29) is 5.41 Å². The Hall–Kier alpha value is -1.06. The number of hydrogen-bond acceptors (Lipinski definition) is 3. The molecule has 0 radical (unpaired) electrons. The molecule has 90 valence electrons. The van der Waals surface area contributed by atoms with Gasteiger partial charge in [0, 0.05) is 18.6 Å². The zero-order valence-corrected chi connectivity index (χ0v) is 10.6. The van der Waals surface area contributed by atoms with Crippen molar-refractivity contribution < 1.29 is 4.74 Å². The van der Waals surface area contributed by atoms with E-state index in [1.165, 1.54) is 5.56 Å². The van der Waals surface area contributed by atoms with Crippen molar-refractivity contribution in [2.75, 3.05) is 27.4 Å². The first-order valence-electron chi connectivity index (χ1n) is 5.60. The normalized spacial score (nSPS) is 11.5. The highest BCUT2D eigenvalue weighted by atomic mass is 16.5. The molecular weight excluding hydrogens is 200 g/mol. The van der Waals surface area contributed by atoms with Gasteiger partial charge >= 0.3 is 0 Å². The van der Waals surface area contributed by atoms with Crippen LogP contribution in [0, 0.1) is 0 Å². The fraction of sp³-hybridized carbons (Fsp3) is 0.538. The Bertz CT molecular complexity index is 323. The fourth-order valence-corrected chi connectivity index (χ4v) is 1.65. The van der Waals surface area contributed by atoms with Crippen molar-refractivity contribution in [3.05, 3.63) is 29.8 Å². The first-order valence-corrected chi connectivity index (χ1v) is 5.60. The molecule has 0 aliphatic carbocycles. The van der Waals surface area contributed by atoms with Crippen LogP contribution in [0.15, 0.2) is 24.3 Å². The number of rotatable bonds is 6. The molecule has 0 unspecified atom stereocenters. The highest BCUT2D eigenvalue weighted by Crippen LogP contribution is 2.25. The summed E-state index contributed by atoms with van der Waals surface area (Å²) < 4.78 is 5.24. The van der Waals surface area contributed by atoms with Crippen molar-refractivity contribution in [2.45, 2.75) is 19.3 Å². The number of methoxy groups -OCH3 is 1. The molecule has 0 heterocycles. The van der Waals surface area contributed by atoms with Crippen LogP contribution in [0.5, 0.6) is 5.75 Å². The largest absolute Gasteiger partial charge is 0.497 e. The van der Waals surface area contributed by atoms with Crippen molar-refractivity contribution in [2.24, 2.45) is 0 Å². The molecule has 2 N–H and O–H groups in total. The lowest BCUT2D eigenvalue weighted by Gasteiger charge is -2.26. The summed E-state index contributed by atoms with van der Waals surface area (Å²) in [4.78, 5) is 0. The van der Waals surface area contributed by atoms with Gasteiger partial charge < -0.3 is 15.4 Å². The van der Waals surface area contributed by atoms with E-state index in [0.717, 1.165) is 19.0 Å². The monoisotopic (exact) mass is 222 g/mol. The first-order chi connectivity index (χ1) is 7.60. The molecule has 1 aromatic carbocycles. The molecule has 0 fully saturated rings. The van der Waals surface area contributed by atoms with Crippen LogP contribution < -0.4 is 15.4 Å². The molecule has 0 aliphatic heterocycles. The van der Waals surface area contributed by atoms with Gasteiger partial charge in [-0.15, -0.1) is 0 Å². The third-order valence-electron chi connectivity index (χ3n) is 2.72. The second kappa shape index (κ2) is 5.87. The SMILES string of the molecule is CNCNCC(C)(C)c1cccc(OC)c1. The molecule has 0 aliphatic rings. The van der Waals surface area contributed by atoms with E-state index < -0.39 is 0 Å². The minimum atomic E-state index is 0.103. The van der Waals surface area contributed by atoms with Crippen LogP contribution in [0.3, 0.4) is 0 Å². The number of benzene rings is 1. The molecule has 1 aromatic rings. The first kappa shape index (κ1) is 13.0. The van der Waals surface area contributed by atoms with Gasteiger partial charge in [-0.25, -0.2) is 0 Å². The maximum absolute atomic E-state index is 5.24. The summed E-state index contributed by atoms with van der Waals surface area (Å²) in [7, 11) is 3.64. The average Bonchev–Trinajstić information content (AvgIpc) is 2.29. The summed E-state index contributed by atoms with van der Waals surface area (Å²) in [6.45, 7) is 6.21. The summed E-state index contributed by atoms with van der Waals surface area (Å²) in [6.07, 6.45) is 0. The van der Waals surface area contributed by atoms with Gasteiger partial charge in [-0.05, 0) is 24.7 Å². The minimum Gasteiger partial charge on any atom is -0.497 e. The van der Waals surface area contributed by atoms with E-state index in [1.807, 2.05) is 19.2 Å². The van der Waals surface area contributed by atoms with E-state index in [2.05, 4.69) is 36.6 Å². The predicted molar refractivity (Wildman–Crippen MR) is 67.9 cm³/mol. The zero-order chi connectivity index (χ0) is 12.0. The lowest BCUT2D eigenvalue weighted by atomic mass is 9.84. The Balaban J connectivity index is 2.72. The van der Waals surface area contributed by atoms with Gasteiger partial charge in [-0.1, -0.05) is 26.0 Å². The van der Waals surface area contributed by atoms with E-state index in [0.29, 0.717) is 0 Å². The molecule has 0 spiro atoms. The van der Waals surface area contributed by atoms with Gasteiger partial charge in [0.05, 0.1) is 7.11 Å². The van der Waals surface area contributed by atoms with E-state index in [4.69, 9.17) is 4.74 Å². The number of ether oxygens (including phenoxy) is 1. The Morgan fingerprint density at radius 2 is 2.06 bits per heavy atom. The highest BCUT2D eigenvalue weighted by molar-refractivity contribution is 5.33. The van der Waals surface area contributed by atoms with E-state index >= 15 is 0 Å². The third-order valence-corrected chi connectivity index (χ3v) is 2.72. The predicted octanol–water partition coefficient (Wildman–Crippen LogP) is 1.74. The van der Waals surface area contributed by atoms with Crippen LogP contribution >= 0.6 is 0 Å². The van der Waals surface area contributed by atoms with E-state index in [9.17, 15) is 0 Å². The van der Waals surface area contributed by atoms with Gasteiger partial charge in [0.2, 0.25) is 0 Å². The highest BCUT2D eigenvalue weighted by Gasteiger charge is 2.20. The fourth-order valence-electron chi connectivity index (χ4n) is 1.65. The van der Waals surface area contributed by atoms with Crippen LogP contribution in [-0.2, 0) is 5.41 Å². The van der Waals surface area contributed by atoms with E-state index in [1.54, 1.807) is 7.11 Å². The Kier molecular flexibility index (Phi) is 4.77. The van der Waals surface area contributed by atoms with Gasteiger partial charge in [0.15, 0.2) is 0 Å². The maximum atomic E-state index is 5.24. The Labute approximate surface area is 98.2 Å². The third kappa shape index (κ3) is 3.51. The van der Waals surface area contributed by atoms with Gasteiger partial charge in [0.25, 0.3) is 0 Å². The molecule has 0 atom stereocenters. The molecule has 0 saturated heterocycles. The zero-order valence-electron chi connectivity index (χ0n) is 10.6. The topological polar surface area (TPSA) is 33.3 Å². The Morgan fingerprint density at radius 1 is 1.31 bits per heavy atom. The molecule has 3 nitrogen and oxygen atoms in total. The van der Waals surface area contributed by atoms with Crippen molar-refractivity contribution in [3.8, 4) is 5.75 Å². The second-order valence-corrected chi connectivity index (χ2v) is 4.57. The lowest BCUT2D eigenvalue weighted by molar-refractivity contribution is 0.409.